The van der Waals surface area contributed by atoms with Gasteiger partial charge in [0.25, 0.3) is 0 Å². The normalized spacial score (nSPS) is 13.5. The Balaban J connectivity index is 0.00000108. The number of pyridine rings is 1. The molecule has 1 aromatic carbocycles. The van der Waals surface area contributed by atoms with Crippen molar-refractivity contribution in [2.75, 3.05) is 0 Å². The molecule has 2 aromatic rings. The Bertz CT molecular complexity index is 613. The fraction of sp³-hybridized carbons (Fsp3) is 0.357. The van der Waals surface area contributed by atoms with E-state index >= 15 is 0 Å². The first-order valence-electron chi connectivity index (χ1n) is 6.01. The lowest BCUT2D eigenvalue weighted by molar-refractivity contribution is -0.00000350. The molecule has 3 heteroatoms. The zero-order chi connectivity index (χ0) is 11.1. The smallest absolute Gasteiger partial charge is 0.0682 e. The standard InChI is InChI=1S/C14H16N2.BrH/c1-2-16-12-8-4-3-6-10(12)14(15)11-7-5-9-13(11)16;/h3-4,6,8,15H,2,5,7,9H2,1H3;1H/p-1. The van der Waals surface area contributed by atoms with E-state index in [-0.39, 0.29) is 17.0 Å². The Hall–Kier alpha value is -1.09. The van der Waals surface area contributed by atoms with Crippen LogP contribution in [0.5, 0.6) is 0 Å². The number of hydrogen-bond donors (Lipinski definition) is 1. The summed E-state index contributed by atoms with van der Waals surface area (Å²) in [4.78, 5) is 0. The van der Waals surface area contributed by atoms with Crippen molar-refractivity contribution >= 4 is 10.9 Å². The van der Waals surface area contributed by atoms with E-state index < -0.39 is 0 Å². The lowest BCUT2D eigenvalue weighted by Crippen LogP contribution is -3.00. The predicted molar refractivity (Wildman–Crippen MR) is 65.5 cm³/mol. The summed E-state index contributed by atoms with van der Waals surface area (Å²) in [5.41, 5.74) is 3.89. The van der Waals surface area contributed by atoms with E-state index in [1.54, 1.807) is 0 Å². The Labute approximate surface area is 112 Å². The molecule has 1 N–H and O–H groups in total. The molecule has 0 fully saturated rings. The van der Waals surface area contributed by atoms with Crippen molar-refractivity contribution in [1.82, 2.24) is 4.57 Å². The molecule has 17 heavy (non-hydrogen) atoms. The number of nitrogens with zero attached hydrogens (tertiary/aromatic N) is 1. The van der Waals surface area contributed by atoms with Crippen LogP contribution in [0.15, 0.2) is 24.3 Å². The minimum absolute atomic E-state index is 0. The zero-order valence-corrected chi connectivity index (χ0v) is 11.5. The van der Waals surface area contributed by atoms with Gasteiger partial charge in [0.2, 0.25) is 0 Å². The molecule has 0 atom stereocenters. The Morgan fingerprint density at radius 2 is 2.00 bits per heavy atom. The van der Waals surface area contributed by atoms with Gasteiger partial charge in [-0.1, -0.05) is 18.2 Å². The topological polar surface area (TPSA) is 28.8 Å². The van der Waals surface area contributed by atoms with Crippen molar-refractivity contribution in [3.8, 4) is 0 Å². The highest BCUT2D eigenvalue weighted by atomic mass is 79.9. The van der Waals surface area contributed by atoms with Crippen molar-refractivity contribution in [2.45, 2.75) is 32.7 Å². The molecule has 0 amide bonds. The second-order valence-corrected chi connectivity index (χ2v) is 4.42. The summed E-state index contributed by atoms with van der Waals surface area (Å²) in [7, 11) is 0. The van der Waals surface area contributed by atoms with Gasteiger partial charge in [-0.3, -0.25) is 5.41 Å². The molecule has 90 valence electrons. The first-order valence-corrected chi connectivity index (χ1v) is 6.01. The van der Waals surface area contributed by atoms with Crippen molar-refractivity contribution in [3.63, 3.8) is 0 Å². The van der Waals surface area contributed by atoms with Gasteiger partial charge in [0.05, 0.1) is 10.9 Å². The Morgan fingerprint density at radius 1 is 1.24 bits per heavy atom. The van der Waals surface area contributed by atoms with E-state index in [9.17, 15) is 0 Å². The fourth-order valence-electron chi connectivity index (χ4n) is 2.88. The molecule has 0 radical (unpaired) electrons. The predicted octanol–water partition coefficient (Wildman–Crippen LogP) is -0.367. The molecule has 2 nitrogen and oxygen atoms in total. The number of hydrogen-bond acceptors (Lipinski definition) is 1. The van der Waals surface area contributed by atoms with Gasteiger partial charge < -0.3 is 21.5 Å². The minimum Gasteiger partial charge on any atom is -1.00 e. The third kappa shape index (κ3) is 1.73. The molecule has 0 unspecified atom stereocenters. The number of rotatable bonds is 1. The lowest BCUT2D eigenvalue weighted by Gasteiger charge is -2.15. The second-order valence-electron chi connectivity index (χ2n) is 4.42. The number of aromatic nitrogens is 1. The molecule has 0 saturated carbocycles. The molecular weight excluding hydrogens is 276 g/mol. The van der Waals surface area contributed by atoms with E-state index in [1.807, 2.05) is 6.07 Å². The summed E-state index contributed by atoms with van der Waals surface area (Å²) in [6.07, 6.45) is 3.43. The molecular formula is C14H16BrN2-. The van der Waals surface area contributed by atoms with Crippen LogP contribution in [-0.4, -0.2) is 4.57 Å². The van der Waals surface area contributed by atoms with Crippen LogP contribution in [0.2, 0.25) is 0 Å². The van der Waals surface area contributed by atoms with Gasteiger partial charge >= 0.3 is 0 Å². The van der Waals surface area contributed by atoms with Crippen LogP contribution in [0, 0.1) is 5.41 Å². The first-order chi connectivity index (χ1) is 7.83. The SMILES string of the molecule is CCn1c2c(c(=N)c3ccccc31)CCC2.[Br-]. The van der Waals surface area contributed by atoms with E-state index in [0.717, 1.165) is 30.1 Å². The second kappa shape index (κ2) is 4.65. The van der Waals surface area contributed by atoms with Crippen LogP contribution >= 0.6 is 0 Å². The monoisotopic (exact) mass is 291 g/mol. The highest BCUT2D eigenvalue weighted by Gasteiger charge is 2.18. The molecule has 1 aromatic heterocycles. The minimum atomic E-state index is 0. The summed E-state index contributed by atoms with van der Waals surface area (Å²) in [5, 5.41) is 10.1. The molecule has 1 aliphatic carbocycles. The van der Waals surface area contributed by atoms with Crippen molar-refractivity contribution in [1.29, 1.82) is 5.41 Å². The maximum absolute atomic E-state index is 8.28. The van der Waals surface area contributed by atoms with Gasteiger partial charge in [0.15, 0.2) is 0 Å². The summed E-state index contributed by atoms with van der Waals surface area (Å²) in [6.45, 7) is 3.19. The number of halogens is 1. The maximum Gasteiger partial charge on any atom is 0.0682 e. The lowest BCUT2D eigenvalue weighted by atomic mass is 10.1. The zero-order valence-electron chi connectivity index (χ0n) is 9.96. The van der Waals surface area contributed by atoms with Gasteiger partial charge in [0.1, 0.15) is 0 Å². The molecule has 3 rings (SSSR count). The van der Waals surface area contributed by atoms with Crippen LogP contribution < -0.4 is 22.3 Å². The number of para-hydroxylation sites is 1. The number of aryl methyl sites for hydroxylation is 1. The summed E-state index contributed by atoms with van der Waals surface area (Å²) in [5.74, 6) is 0. The van der Waals surface area contributed by atoms with Crippen molar-refractivity contribution in [3.05, 3.63) is 40.9 Å². The average molecular weight is 292 g/mol. The van der Waals surface area contributed by atoms with Crippen LogP contribution in [0.1, 0.15) is 24.6 Å². The quantitative estimate of drug-likeness (QED) is 0.743. The van der Waals surface area contributed by atoms with E-state index in [4.69, 9.17) is 5.41 Å². The Morgan fingerprint density at radius 3 is 2.76 bits per heavy atom. The van der Waals surface area contributed by atoms with Crippen molar-refractivity contribution < 1.29 is 17.0 Å². The van der Waals surface area contributed by atoms with Crippen LogP contribution in [0.25, 0.3) is 10.9 Å². The highest BCUT2D eigenvalue weighted by Crippen LogP contribution is 2.23. The third-order valence-corrected chi connectivity index (χ3v) is 3.60. The van der Waals surface area contributed by atoms with E-state index in [0.29, 0.717) is 0 Å². The van der Waals surface area contributed by atoms with Crippen LogP contribution in [-0.2, 0) is 19.4 Å². The number of benzene rings is 1. The Kier molecular flexibility index (Phi) is 3.38. The number of nitrogens with one attached hydrogen (secondary N) is 1. The number of fused-ring (bicyclic) bond motifs is 2. The van der Waals surface area contributed by atoms with Gasteiger partial charge in [-0.2, -0.15) is 0 Å². The summed E-state index contributed by atoms with van der Waals surface area (Å²) < 4.78 is 2.38. The molecule has 0 bridgehead atoms. The van der Waals surface area contributed by atoms with Gasteiger partial charge in [-0.15, -0.1) is 0 Å². The van der Waals surface area contributed by atoms with Crippen LogP contribution in [0.3, 0.4) is 0 Å². The largest absolute Gasteiger partial charge is 1.00 e. The molecule has 1 heterocycles. The maximum atomic E-state index is 8.28. The average Bonchev–Trinajstić information content (AvgIpc) is 2.79. The summed E-state index contributed by atoms with van der Waals surface area (Å²) in [6, 6.07) is 8.30. The molecule has 0 saturated heterocycles. The molecule has 0 aliphatic heterocycles. The third-order valence-electron chi connectivity index (χ3n) is 3.60. The highest BCUT2D eigenvalue weighted by molar-refractivity contribution is 5.80. The van der Waals surface area contributed by atoms with Crippen LogP contribution in [0.4, 0.5) is 0 Å². The molecule has 1 aliphatic rings. The molecule has 0 spiro atoms. The van der Waals surface area contributed by atoms with E-state index in [2.05, 4.69) is 29.7 Å². The van der Waals surface area contributed by atoms with E-state index in [1.165, 1.54) is 23.2 Å². The van der Waals surface area contributed by atoms with Crippen molar-refractivity contribution in [2.24, 2.45) is 0 Å². The fourth-order valence-corrected chi connectivity index (χ4v) is 2.88. The van der Waals surface area contributed by atoms with Gasteiger partial charge in [-0.25, -0.2) is 0 Å². The first kappa shape index (κ1) is 12.4. The van der Waals surface area contributed by atoms with Gasteiger partial charge in [0, 0.05) is 17.6 Å². The summed E-state index contributed by atoms with van der Waals surface area (Å²) >= 11 is 0. The van der Waals surface area contributed by atoms with Gasteiger partial charge in [-0.05, 0) is 37.8 Å².